The van der Waals surface area contributed by atoms with Crippen molar-refractivity contribution in [3.63, 3.8) is 0 Å². The topological polar surface area (TPSA) is 66.4 Å². The van der Waals surface area contributed by atoms with E-state index in [2.05, 4.69) is 5.32 Å². The zero-order valence-electron chi connectivity index (χ0n) is 9.31. The molecule has 0 saturated heterocycles. The fourth-order valence-electron chi connectivity index (χ4n) is 1.34. The van der Waals surface area contributed by atoms with Gasteiger partial charge in [-0.2, -0.15) is 0 Å². The molecular weight excluding hydrogens is 293 g/mol. The smallest absolute Gasteiger partial charge is 0.345 e. The maximum Gasteiger partial charge on any atom is 0.345 e. The van der Waals surface area contributed by atoms with Crippen molar-refractivity contribution < 1.29 is 19.1 Å². The van der Waals surface area contributed by atoms with Crippen molar-refractivity contribution in [3.05, 3.63) is 50.9 Å². The lowest BCUT2D eigenvalue weighted by atomic mass is 10.3. The van der Waals surface area contributed by atoms with Gasteiger partial charge in [0.25, 0.3) is 5.91 Å². The van der Waals surface area contributed by atoms with Gasteiger partial charge in [0.1, 0.15) is 10.7 Å². The minimum Gasteiger partial charge on any atom is -0.477 e. The van der Waals surface area contributed by atoms with E-state index in [9.17, 15) is 14.0 Å². The Bertz CT molecular complexity index is 656. The Hall–Kier alpha value is -1.92. The van der Waals surface area contributed by atoms with Crippen molar-refractivity contribution >= 4 is 40.5 Å². The molecule has 2 rings (SSSR count). The molecule has 1 heterocycles. The third-order valence-electron chi connectivity index (χ3n) is 2.22. The highest BCUT2D eigenvalue weighted by molar-refractivity contribution is 7.15. The molecule has 0 spiro atoms. The number of carboxylic acid groups (broad SMARTS) is 1. The second kappa shape index (κ2) is 5.38. The van der Waals surface area contributed by atoms with Crippen LogP contribution in [0.15, 0.2) is 30.3 Å². The first-order valence-electron chi connectivity index (χ1n) is 5.07. The summed E-state index contributed by atoms with van der Waals surface area (Å²) in [6, 6.07) is 6.54. The Morgan fingerprint density at radius 3 is 2.47 bits per heavy atom. The number of aromatic carboxylic acids is 1. The minimum atomic E-state index is -1.09. The monoisotopic (exact) mass is 299 g/mol. The Morgan fingerprint density at radius 2 is 1.89 bits per heavy atom. The number of nitrogens with one attached hydrogen (secondary N) is 1. The van der Waals surface area contributed by atoms with E-state index in [1.54, 1.807) is 0 Å². The first kappa shape index (κ1) is 13.5. The van der Waals surface area contributed by atoms with Crippen LogP contribution in [0.25, 0.3) is 0 Å². The summed E-state index contributed by atoms with van der Waals surface area (Å²) in [6.45, 7) is 0. The Kier molecular flexibility index (Phi) is 3.82. The van der Waals surface area contributed by atoms with Gasteiger partial charge in [0.15, 0.2) is 0 Å². The Balaban J connectivity index is 2.15. The summed E-state index contributed by atoms with van der Waals surface area (Å²) >= 11 is 6.44. The molecule has 0 radical (unpaired) electrons. The summed E-state index contributed by atoms with van der Waals surface area (Å²) in [5, 5.41) is 11.2. The molecule has 0 bridgehead atoms. The largest absolute Gasteiger partial charge is 0.477 e. The molecule has 2 N–H and O–H groups in total. The van der Waals surface area contributed by atoms with Gasteiger partial charge in [-0.05, 0) is 30.3 Å². The quantitative estimate of drug-likeness (QED) is 0.911. The summed E-state index contributed by atoms with van der Waals surface area (Å²) in [5.74, 6) is -2.14. The number of rotatable bonds is 3. The maximum atomic E-state index is 12.9. The zero-order chi connectivity index (χ0) is 14.0. The van der Waals surface area contributed by atoms with Crippen molar-refractivity contribution in [3.8, 4) is 0 Å². The number of amides is 1. The molecule has 0 atom stereocenters. The molecule has 1 amide bonds. The van der Waals surface area contributed by atoms with Gasteiger partial charge in [0.2, 0.25) is 0 Å². The third-order valence-corrected chi connectivity index (χ3v) is 3.58. The van der Waals surface area contributed by atoms with E-state index in [-0.39, 0.29) is 14.8 Å². The minimum absolute atomic E-state index is 0.0716. The molecule has 0 fully saturated rings. The second-order valence-electron chi connectivity index (χ2n) is 3.55. The van der Waals surface area contributed by atoms with Crippen molar-refractivity contribution in [2.75, 3.05) is 5.32 Å². The summed E-state index contributed by atoms with van der Waals surface area (Å²) in [7, 11) is 0. The van der Waals surface area contributed by atoms with Gasteiger partial charge in [-0.25, -0.2) is 9.18 Å². The van der Waals surface area contributed by atoms with Gasteiger partial charge in [-0.3, -0.25) is 4.79 Å². The summed E-state index contributed by atoms with van der Waals surface area (Å²) in [5.41, 5.74) is 0.335. The van der Waals surface area contributed by atoms with E-state index < -0.39 is 17.7 Å². The van der Waals surface area contributed by atoms with E-state index >= 15 is 0 Å². The van der Waals surface area contributed by atoms with Crippen LogP contribution in [0.2, 0.25) is 5.02 Å². The van der Waals surface area contributed by atoms with Crippen LogP contribution >= 0.6 is 22.9 Å². The molecule has 0 aliphatic heterocycles. The Labute approximate surface area is 116 Å². The van der Waals surface area contributed by atoms with Gasteiger partial charge < -0.3 is 10.4 Å². The van der Waals surface area contributed by atoms with Crippen LogP contribution in [0.1, 0.15) is 19.3 Å². The zero-order valence-corrected chi connectivity index (χ0v) is 10.9. The molecular formula is C12H7ClFNO3S. The van der Waals surface area contributed by atoms with Crippen molar-refractivity contribution in [1.82, 2.24) is 0 Å². The number of carbonyl (C=O) groups is 2. The van der Waals surface area contributed by atoms with Gasteiger partial charge in [0, 0.05) is 5.69 Å². The third kappa shape index (κ3) is 3.10. The van der Waals surface area contributed by atoms with Crippen molar-refractivity contribution in [2.45, 2.75) is 0 Å². The van der Waals surface area contributed by atoms with E-state index in [1.165, 1.54) is 24.3 Å². The molecule has 19 heavy (non-hydrogen) atoms. The summed E-state index contributed by atoms with van der Waals surface area (Å²) < 4.78 is 12.9. The van der Waals surface area contributed by atoms with Gasteiger partial charge in [-0.1, -0.05) is 11.6 Å². The average Bonchev–Trinajstić information content (AvgIpc) is 2.83. The van der Waals surface area contributed by atoms with E-state index in [0.29, 0.717) is 5.69 Å². The predicted octanol–water partition coefficient (Wildman–Crippen LogP) is 3.49. The van der Waals surface area contributed by atoms with Crippen molar-refractivity contribution in [2.24, 2.45) is 0 Å². The highest BCUT2D eigenvalue weighted by Gasteiger charge is 2.13. The molecule has 0 saturated carbocycles. The molecule has 98 valence electrons. The lowest BCUT2D eigenvalue weighted by Gasteiger charge is -2.04. The fourth-order valence-corrected chi connectivity index (χ4v) is 2.26. The van der Waals surface area contributed by atoms with Crippen LogP contribution in [-0.2, 0) is 0 Å². The van der Waals surface area contributed by atoms with Crippen LogP contribution in [-0.4, -0.2) is 17.0 Å². The number of carboxylic acids is 1. The first-order valence-corrected chi connectivity index (χ1v) is 6.26. The molecule has 1 aromatic heterocycles. The van der Waals surface area contributed by atoms with E-state index in [1.807, 2.05) is 0 Å². The lowest BCUT2D eigenvalue weighted by Crippen LogP contribution is -2.10. The average molecular weight is 300 g/mol. The number of thiophene rings is 1. The van der Waals surface area contributed by atoms with Gasteiger partial charge in [0.05, 0.1) is 9.90 Å². The molecule has 1 aromatic carbocycles. The van der Waals surface area contributed by atoms with Crippen LogP contribution in [0, 0.1) is 5.82 Å². The SMILES string of the molecule is O=C(O)c1ccc(C(=O)Nc2ccc(F)c(Cl)c2)s1. The number of anilines is 1. The van der Waals surface area contributed by atoms with E-state index in [4.69, 9.17) is 16.7 Å². The number of benzene rings is 1. The van der Waals surface area contributed by atoms with Crippen molar-refractivity contribution in [1.29, 1.82) is 0 Å². The van der Waals surface area contributed by atoms with Gasteiger partial charge in [-0.15, -0.1) is 11.3 Å². The first-order chi connectivity index (χ1) is 8.97. The molecule has 0 unspecified atom stereocenters. The second-order valence-corrected chi connectivity index (χ2v) is 5.04. The van der Waals surface area contributed by atoms with E-state index in [0.717, 1.165) is 17.4 Å². The highest BCUT2D eigenvalue weighted by Crippen LogP contribution is 2.22. The molecule has 7 heteroatoms. The number of hydrogen-bond donors (Lipinski definition) is 2. The molecule has 0 aliphatic rings. The summed E-state index contributed by atoms with van der Waals surface area (Å²) in [6.07, 6.45) is 0. The van der Waals surface area contributed by atoms with Crippen LogP contribution in [0.3, 0.4) is 0 Å². The molecule has 0 aliphatic carbocycles. The maximum absolute atomic E-state index is 12.9. The Morgan fingerprint density at radius 1 is 1.21 bits per heavy atom. The molecule has 4 nitrogen and oxygen atoms in total. The number of carbonyl (C=O) groups excluding carboxylic acids is 1. The lowest BCUT2D eigenvalue weighted by molar-refractivity contribution is 0.0702. The van der Waals surface area contributed by atoms with Crippen LogP contribution < -0.4 is 5.32 Å². The molecule has 2 aromatic rings. The van der Waals surface area contributed by atoms with Crippen LogP contribution in [0.4, 0.5) is 10.1 Å². The summed E-state index contributed by atoms with van der Waals surface area (Å²) in [4.78, 5) is 22.8. The fraction of sp³-hybridized carbons (Fsp3) is 0. The predicted molar refractivity (Wildman–Crippen MR) is 70.6 cm³/mol. The highest BCUT2D eigenvalue weighted by atomic mass is 35.5. The van der Waals surface area contributed by atoms with Gasteiger partial charge >= 0.3 is 5.97 Å². The normalized spacial score (nSPS) is 10.2. The van der Waals surface area contributed by atoms with Crippen LogP contribution in [0.5, 0.6) is 0 Å². The number of halogens is 2. The number of hydrogen-bond acceptors (Lipinski definition) is 3. The standard InChI is InChI=1S/C12H7ClFNO3S/c13-7-5-6(1-2-8(7)14)15-11(16)9-3-4-10(19-9)12(17)18/h1-5H,(H,15,16)(H,17,18).